The molecular weight excluding hydrogens is 411 g/mol. The van der Waals surface area contributed by atoms with E-state index in [-0.39, 0.29) is 4.83 Å². The van der Waals surface area contributed by atoms with E-state index in [2.05, 4.69) is 22.9 Å². The van der Waals surface area contributed by atoms with Crippen molar-refractivity contribution in [2.24, 2.45) is 0 Å². The largest absolute Gasteiger partial charge is 0.494 e. The molecule has 0 fully saturated rings. The third-order valence-corrected chi connectivity index (χ3v) is 6.04. The van der Waals surface area contributed by atoms with Crippen LogP contribution in [0.4, 0.5) is 0 Å². The molecule has 0 spiro atoms. The Morgan fingerprint density at radius 2 is 1.92 bits per heavy atom. The first kappa shape index (κ1) is 19.7. The lowest BCUT2D eigenvalue weighted by Gasteiger charge is -2.18. The van der Waals surface area contributed by atoms with Gasteiger partial charge < -0.3 is 9.47 Å². The molecule has 0 aliphatic carbocycles. The molecule has 0 radical (unpaired) electrons. The molecule has 24 heavy (non-hydrogen) atoms. The zero-order valence-electron chi connectivity index (χ0n) is 14.0. The highest BCUT2D eigenvalue weighted by Gasteiger charge is 2.18. The van der Waals surface area contributed by atoms with Crippen molar-refractivity contribution < 1.29 is 9.47 Å². The summed E-state index contributed by atoms with van der Waals surface area (Å²) in [5, 5.41) is 2.53. The van der Waals surface area contributed by atoms with Gasteiger partial charge in [-0.3, -0.25) is 0 Å². The Bertz CT molecular complexity index is 663. The van der Waals surface area contributed by atoms with Crippen molar-refractivity contribution in [2.75, 3.05) is 6.61 Å². The number of alkyl halides is 2. The summed E-state index contributed by atoms with van der Waals surface area (Å²) in [6, 6.07) is 9.76. The van der Waals surface area contributed by atoms with Gasteiger partial charge in [0.05, 0.1) is 16.5 Å². The van der Waals surface area contributed by atoms with Crippen LogP contribution in [-0.4, -0.2) is 17.0 Å². The number of unbranched alkanes of at least 4 members (excludes halogenated alkanes) is 2. The maximum atomic E-state index is 6.49. The fraction of sp³-hybridized carbons (Fsp3) is 0.474. The van der Waals surface area contributed by atoms with Crippen molar-refractivity contribution in [1.82, 2.24) is 0 Å². The minimum Gasteiger partial charge on any atom is -0.494 e. The van der Waals surface area contributed by atoms with Gasteiger partial charge in [-0.1, -0.05) is 71.9 Å². The zero-order chi connectivity index (χ0) is 17.5. The van der Waals surface area contributed by atoms with Gasteiger partial charge in [0.2, 0.25) is 0 Å². The predicted octanol–water partition coefficient (Wildman–Crippen LogP) is 7.18. The second-order valence-corrected chi connectivity index (χ2v) is 7.69. The molecule has 0 N–H and O–H groups in total. The van der Waals surface area contributed by atoms with E-state index in [1.807, 2.05) is 37.3 Å². The van der Waals surface area contributed by atoms with Crippen molar-refractivity contribution in [3.8, 4) is 11.5 Å². The standard InChI is InChI=1S/C19H23BrCl2O2/c1-3-5-6-11-23-14-8-9-15-13(12-14)7-10-17(18(15)21)24-19(22)16(20)4-2/h7-10,12,16,19H,3-6,11H2,1-2H3. The van der Waals surface area contributed by atoms with Gasteiger partial charge in [0.15, 0.2) is 5.56 Å². The van der Waals surface area contributed by atoms with Crippen LogP contribution in [0, 0.1) is 0 Å². The summed E-state index contributed by atoms with van der Waals surface area (Å²) in [7, 11) is 0. The van der Waals surface area contributed by atoms with Crippen molar-refractivity contribution >= 4 is 49.9 Å². The van der Waals surface area contributed by atoms with Gasteiger partial charge >= 0.3 is 0 Å². The predicted molar refractivity (Wildman–Crippen MR) is 107 cm³/mol. The lowest BCUT2D eigenvalue weighted by Crippen LogP contribution is -2.20. The molecule has 5 heteroatoms. The molecule has 0 saturated carbocycles. The summed E-state index contributed by atoms with van der Waals surface area (Å²) in [6.45, 7) is 4.97. The SMILES string of the molecule is CCCCCOc1ccc2c(Cl)c(OC(Cl)C(Br)CC)ccc2c1. The molecule has 2 aromatic rings. The lowest BCUT2D eigenvalue weighted by atomic mass is 10.1. The van der Waals surface area contributed by atoms with E-state index >= 15 is 0 Å². The van der Waals surface area contributed by atoms with Crippen molar-refractivity contribution in [2.45, 2.75) is 49.9 Å². The minimum atomic E-state index is -0.467. The van der Waals surface area contributed by atoms with Crippen LogP contribution in [0.2, 0.25) is 5.02 Å². The van der Waals surface area contributed by atoms with Crippen LogP contribution in [0.5, 0.6) is 11.5 Å². The third kappa shape index (κ3) is 5.18. The van der Waals surface area contributed by atoms with Crippen LogP contribution in [0.3, 0.4) is 0 Å². The number of rotatable bonds is 9. The van der Waals surface area contributed by atoms with Crippen LogP contribution in [-0.2, 0) is 0 Å². The van der Waals surface area contributed by atoms with E-state index in [0.29, 0.717) is 10.8 Å². The number of fused-ring (bicyclic) bond motifs is 1. The van der Waals surface area contributed by atoms with Gasteiger partial charge in [0.25, 0.3) is 0 Å². The van der Waals surface area contributed by atoms with E-state index < -0.39 is 5.56 Å². The van der Waals surface area contributed by atoms with E-state index in [9.17, 15) is 0 Å². The number of hydrogen-bond donors (Lipinski definition) is 0. The lowest BCUT2D eigenvalue weighted by molar-refractivity contribution is 0.277. The summed E-state index contributed by atoms with van der Waals surface area (Å²) in [6.07, 6.45) is 4.32. The molecule has 0 bridgehead atoms. The molecule has 2 nitrogen and oxygen atoms in total. The molecule has 0 aliphatic heterocycles. The van der Waals surface area contributed by atoms with Gasteiger partial charge in [0, 0.05) is 5.39 Å². The molecule has 0 heterocycles. The fourth-order valence-corrected chi connectivity index (χ4v) is 3.01. The third-order valence-electron chi connectivity index (χ3n) is 3.82. The van der Waals surface area contributed by atoms with Crippen LogP contribution >= 0.6 is 39.1 Å². The van der Waals surface area contributed by atoms with E-state index in [1.165, 1.54) is 12.8 Å². The monoisotopic (exact) mass is 432 g/mol. The smallest absolute Gasteiger partial charge is 0.184 e. The van der Waals surface area contributed by atoms with Crippen molar-refractivity contribution in [3.05, 3.63) is 35.4 Å². The van der Waals surface area contributed by atoms with Crippen molar-refractivity contribution in [3.63, 3.8) is 0 Å². The number of halogens is 3. The van der Waals surface area contributed by atoms with E-state index in [0.717, 1.165) is 36.0 Å². The molecule has 0 aliphatic rings. The molecule has 0 aromatic heterocycles. The average molecular weight is 434 g/mol. The molecule has 2 rings (SSSR count). The Balaban J connectivity index is 2.14. The maximum absolute atomic E-state index is 6.49. The van der Waals surface area contributed by atoms with Gasteiger partial charge in [-0.2, -0.15) is 0 Å². The molecule has 0 saturated heterocycles. The van der Waals surface area contributed by atoms with Crippen LogP contribution < -0.4 is 9.47 Å². The Labute approximate surface area is 162 Å². The highest BCUT2D eigenvalue weighted by atomic mass is 79.9. The molecular formula is C19H23BrCl2O2. The fourth-order valence-electron chi connectivity index (χ4n) is 2.35. The van der Waals surface area contributed by atoms with Gasteiger partial charge in [-0.15, -0.1) is 0 Å². The van der Waals surface area contributed by atoms with Crippen LogP contribution in [0.25, 0.3) is 10.8 Å². The summed E-state index contributed by atoms with van der Waals surface area (Å²) in [4.78, 5) is 0.0739. The highest BCUT2D eigenvalue weighted by molar-refractivity contribution is 9.09. The number of benzene rings is 2. The van der Waals surface area contributed by atoms with E-state index in [4.69, 9.17) is 32.7 Å². The molecule has 2 atom stereocenters. The topological polar surface area (TPSA) is 18.5 Å². The van der Waals surface area contributed by atoms with E-state index in [1.54, 1.807) is 0 Å². The normalized spacial score (nSPS) is 13.7. The molecule has 0 amide bonds. The van der Waals surface area contributed by atoms with Gasteiger partial charge in [0.1, 0.15) is 11.5 Å². The second-order valence-electron chi connectivity index (χ2n) is 5.71. The second kappa shape index (κ2) is 9.74. The Morgan fingerprint density at radius 3 is 2.62 bits per heavy atom. The molecule has 2 aromatic carbocycles. The van der Waals surface area contributed by atoms with Gasteiger partial charge in [-0.25, -0.2) is 0 Å². The Kier molecular flexibility index (Phi) is 7.99. The van der Waals surface area contributed by atoms with Crippen molar-refractivity contribution in [1.29, 1.82) is 0 Å². The first-order chi connectivity index (χ1) is 11.6. The highest BCUT2D eigenvalue weighted by Crippen LogP contribution is 2.36. The molecule has 132 valence electrons. The Morgan fingerprint density at radius 1 is 1.12 bits per heavy atom. The zero-order valence-corrected chi connectivity index (χ0v) is 17.1. The maximum Gasteiger partial charge on any atom is 0.184 e. The molecule has 2 unspecified atom stereocenters. The first-order valence-electron chi connectivity index (χ1n) is 8.36. The average Bonchev–Trinajstić information content (AvgIpc) is 2.60. The summed E-state index contributed by atoms with van der Waals surface area (Å²) in [5.74, 6) is 1.46. The summed E-state index contributed by atoms with van der Waals surface area (Å²) >= 11 is 16.2. The van der Waals surface area contributed by atoms with Gasteiger partial charge in [-0.05, 0) is 42.5 Å². The summed E-state index contributed by atoms with van der Waals surface area (Å²) in [5.41, 5.74) is -0.467. The Hall–Kier alpha value is -0.640. The number of ether oxygens (including phenoxy) is 2. The van der Waals surface area contributed by atoms with Crippen LogP contribution in [0.15, 0.2) is 30.3 Å². The quantitative estimate of drug-likeness (QED) is 0.308. The first-order valence-corrected chi connectivity index (χ1v) is 10.1. The number of hydrogen-bond acceptors (Lipinski definition) is 2. The summed E-state index contributed by atoms with van der Waals surface area (Å²) < 4.78 is 11.6. The minimum absolute atomic E-state index is 0.0739. The van der Waals surface area contributed by atoms with Crippen LogP contribution in [0.1, 0.15) is 39.5 Å².